The maximum Gasteiger partial charge on any atom is 0.340 e. The molecule has 1 heterocycles. The summed E-state index contributed by atoms with van der Waals surface area (Å²) in [5.41, 5.74) is 5.88. The normalized spacial score (nSPS) is 16.9. The number of rotatable bonds is 4. The van der Waals surface area contributed by atoms with Crippen LogP contribution in [0.25, 0.3) is 0 Å². The van der Waals surface area contributed by atoms with Crippen LogP contribution in [-0.4, -0.2) is 42.4 Å². The summed E-state index contributed by atoms with van der Waals surface area (Å²) in [6.07, 6.45) is 5.17. The molecule has 0 amide bonds. The lowest BCUT2D eigenvalue weighted by atomic mass is 10.0. The molecule has 1 fully saturated rings. The first-order valence-electron chi connectivity index (χ1n) is 6.73. The van der Waals surface area contributed by atoms with E-state index in [4.69, 9.17) is 10.5 Å². The van der Waals surface area contributed by atoms with Crippen LogP contribution in [0.4, 0.5) is 11.5 Å². The molecular weight excluding hydrogens is 258 g/mol. The van der Waals surface area contributed by atoms with Crippen LogP contribution in [0.2, 0.25) is 0 Å². The van der Waals surface area contributed by atoms with Gasteiger partial charge in [0.15, 0.2) is 5.82 Å². The number of anilines is 2. The first kappa shape index (κ1) is 14.6. The molecule has 0 spiro atoms. The number of aliphatic hydroxyl groups is 1. The number of ether oxygens (including phenoxy) is 1. The van der Waals surface area contributed by atoms with Crippen LogP contribution in [0, 0.1) is 0 Å². The zero-order valence-electron chi connectivity index (χ0n) is 11.9. The Morgan fingerprint density at radius 2 is 2.20 bits per heavy atom. The number of pyridine rings is 1. The Hall–Kier alpha value is -1.82. The van der Waals surface area contributed by atoms with Crippen molar-refractivity contribution in [1.82, 2.24) is 4.98 Å². The van der Waals surface area contributed by atoms with Gasteiger partial charge < -0.3 is 20.5 Å². The van der Waals surface area contributed by atoms with E-state index >= 15 is 0 Å². The number of nitrogens with zero attached hydrogens (tertiary/aromatic N) is 2. The van der Waals surface area contributed by atoms with Gasteiger partial charge in [0.2, 0.25) is 0 Å². The van der Waals surface area contributed by atoms with Gasteiger partial charge in [0, 0.05) is 19.8 Å². The maximum absolute atomic E-state index is 11.6. The summed E-state index contributed by atoms with van der Waals surface area (Å²) >= 11 is 0. The Kier molecular flexibility index (Phi) is 4.13. The predicted octanol–water partition coefficient (Wildman–Crippen LogP) is 1.19. The molecule has 3 N–H and O–H groups in total. The van der Waals surface area contributed by atoms with Crippen molar-refractivity contribution in [3.05, 3.63) is 17.8 Å². The molecule has 6 heteroatoms. The Labute approximate surface area is 118 Å². The van der Waals surface area contributed by atoms with E-state index in [1.165, 1.54) is 19.4 Å². The minimum atomic E-state index is -0.690. The molecular formula is C14H21N3O3. The average Bonchev–Trinajstić information content (AvgIpc) is 2.84. The molecule has 110 valence electrons. The molecule has 0 unspecified atom stereocenters. The molecule has 1 aliphatic carbocycles. The molecule has 1 aliphatic rings. The lowest BCUT2D eigenvalue weighted by molar-refractivity contribution is 0.0558. The predicted molar refractivity (Wildman–Crippen MR) is 76.7 cm³/mol. The topological polar surface area (TPSA) is 88.7 Å². The molecule has 0 aromatic carbocycles. The van der Waals surface area contributed by atoms with Crippen molar-refractivity contribution >= 4 is 17.5 Å². The third-order valence-corrected chi connectivity index (χ3v) is 3.80. The number of carbonyl (C=O) groups is 1. The molecule has 1 aromatic heterocycles. The smallest absolute Gasteiger partial charge is 0.340 e. The number of hydrogen-bond donors (Lipinski definition) is 2. The van der Waals surface area contributed by atoms with Gasteiger partial charge in [-0.05, 0) is 18.9 Å². The largest absolute Gasteiger partial charge is 0.465 e. The number of hydrogen-bond acceptors (Lipinski definition) is 6. The highest BCUT2D eigenvalue weighted by atomic mass is 16.5. The number of nitrogen functional groups attached to an aromatic ring is 1. The van der Waals surface area contributed by atoms with E-state index in [-0.39, 0.29) is 5.69 Å². The lowest BCUT2D eigenvalue weighted by Gasteiger charge is -2.30. The Bertz CT molecular complexity index is 498. The number of likely N-dealkylation sites (N-methyl/N-ethyl adjacent to an activating group) is 1. The highest BCUT2D eigenvalue weighted by Crippen LogP contribution is 2.32. The zero-order valence-corrected chi connectivity index (χ0v) is 11.9. The third-order valence-electron chi connectivity index (χ3n) is 3.80. The van der Waals surface area contributed by atoms with E-state index in [0.717, 1.165) is 25.7 Å². The first-order valence-corrected chi connectivity index (χ1v) is 6.73. The second-order valence-corrected chi connectivity index (χ2v) is 5.37. The molecule has 6 nitrogen and oxygen atoms in total. The molecule has 0 radical (unpaired) electrons. The van der Waals surface area contributed by atoms with Crippen molar-refractivity contribution in [3.63, 3.8) is 0 Å². The van der Waals surface area contributed by atoms with Crippen molar-refractivity contribution in [1.29, 1.82) is 0 Å². The minimum Gasteiger partial charge on any atom is -0.465 e. The van der Waals surface area contributed by atoms with Gasteiger partial charge in [-0.25, -0.2) is 9.78 Å². The summed E-state index contributed by atoms with van der Waals surface area (Å²) in [4.78, 5) is 17.6. The molecule has 0 bridgehead atoms. The summed E-state index contributed by atoms with van der Waals surface area (Å²) in [6.45, 7) is 0.453. The fourth-order valence-electron chi connectivity index (χ4n) is 2.76. The summed E-state index contributed by atoms with van der Waals surface area (Å²) in [7, 11) is 3.13. The van der Waals surface area contributed by atoms with E-state index < -0.39 is 11.6 Å². The van der Waals surface area contributed by atoms with Crippen molar-refractivity contribution in [3.8, 4) is 0 Å². The summed E-state index contributed by atoms with van der Waals surface area (Å²) in [5, 5.41) is 10.4. The standard InChI is InChI=1S/C14H21N3O3/c1-17(9-14(19)6-3-4-7-14)12-11(15)10(5-8-16-12)13(18)20-2/h5,8,19H,3-4,6-7,9,15H2,1-2H3. The van der Waals surface area contributed by atoms with E-state index in [1.54, 1.807) is 4.90 Å². The molecule has 20 heavy (non-hydrogen) atoms. The van der Waals surface area contributed by atoms with E-state index in [9.17, 15) is 9.90 Å². The number of aromatic nitrogens is 1. The Morgan fingerprint density at radius 3 is 2.80 bits per heavy atom. The van der Waals surface area contributed by atoms with E-state index in [1.807, 2.05) is 7.05 Å². The number of esters is 1. The van der Waals surface area contributed by atoms with Crippen LogP contribution in [0.1, 0.15) is 36.0 Å². The van der Waals surface area contributed by atoms with Crippen molar-refractivity contribution < 1.29 is 14.6 Å². The molecule has 2 rings (SSSR count). The van der Waals surface area contributed by atoms with Gasteiger partial charge in [-0.15, -0.1) is 0 Å². The number of methoxy groups -OCH3 is 1. The first-order chi connectivity index (χ1) is 9.47. The van der Waals surface area contributed by atoms with Crippen molar-refractivity contribution in [2.24, 2.45) is 0 Å². The zero-order chi connectivity index (χ0) is 14.8. The molecule has 0 atom stereocenters. The van der Waals surface area contributed by atoms with Gasteiger partial charge in [0.05, 0.1) is 24.0 Å². The van der Waals surface area contributed by atoms with E-state index in [2.05, 4.69) is 4.98 Å². The monoisotopic (exact) mass is 279 g/mol. The van der Waals surface area contributed by atoms with Crippen LogP contribution >= 0.6 is 0 Å². The quantitative estimate of drug-likeness (QED) is 0.805. The SMILES string of the molecule is COC(=O)c1ccnc(N(C)CC2(O)CCCC2)c1N. The summed E-state index contributed by atoms with van der Waals surface area (Å²) in [6, 6.07) is 1.53. The van der Waals surface area contributed by atoms with Crippen LogP contribution in [-0.2, 0) is 4.74 Å². The Morgan fingerprint density at radius 1 is 1.55 bits per heavy atom. The third kappa shape index (κ3) is 2.85. The van der Waals surface area contributed by atoms with E-state index in [0.29, 0.717) is 17.9 Å². The Balaban J connectivity index is 2.21. The van der Waals surface area contributed by atoms with Gasteiger partial charge >= 0.3 is 5.97 Å². The van der Waals surface area contributed by atoms with Crippen LogP contribution in [0.5, 0.6) is 0 Å². The lowest BCUT2D eigenvalue weighted by Crippen LogP contribution is -2.40. The van der Waals surface area contributed by atoms with Crippen LogP contribution < -0.4 is 10.6 Å². The second-order valence-electron chi connectivity index (χ2n) is 5.37. The molecule has 1 saturated carbocycles. The fraction of sp³-hybridized carbons (Fsp3) is 0.571. The van der Waals surface area contributed by atoms with Crippen LogP contribution in [0.15, 0.2) is 12.3 Å². The highest BCUT2D eigenvalue weighted by Gasteiger charge is 2.33. The van der Waals surface area contributed by atoms with Crippen molar-refractivity contribution in [2.75, 3.05) is 31.3 Å². The number of carbonyl (C=O) groups excluding carboxylic acids is 1. The minimum absolute atomic E-state index is 0.281. The average molecular weight is 279 g/mol. The molecule has 0 aliphatic heterocycles. The molecule has 1 aromatic rings. The van der Waals surface area contributed by atoms with Gasteiger partial charge in [0.25, 0.3) is 0 Å². The van der Waals surface area contributed by atoms with Gasteiger partial charge in [-0.1, -0.05) is 12.8 Å². The molecule has 0 saturated heterocycles. The number of nitrogens with two attached hydrogens (primary N) is 1. The maximum atomic E-state index is 11.6. The van der Waals surface area contributed by atoms with Crippen molar-refractivity contribution in [2.45, 2.75) is 31.3 Å². The summed E-state index contributed by atoms with van der Waals surface area (Å²) in [5.74, 6) is 0.00681. The summed E-state index contributed by atoms with van der Waals surface area (Å²) < 4.78 is 4.69. The van der Waals surface area contributed by atoms with Crippen LogP contribution in [0.3, 0.4) is 0 Å². The van der Waals surface area contributed by atoms with Gasteiger partial charge in [0.1, 0.15) is 0 Å². The van der Waals surface area contributed by atoms with Gasteiger partial charge in [-0.2, -0.15) is 0 Å². The fourth-order valence-corrected chi connectivity index (χ4v) is 2.76. The highest BCUT2D eigenvalue weighted by molar-refractivity contribution is 5.97. The second kappa shape index (κ2) is 5.66. The van der Waals surface area contributed by atoms with Gasteiger partial charge in [-0.3, -0.25) is 0 Å².